The highest BCUT2D eigenvalue weighted by Crippen LogP contribution is 2.19. The van der Waals surface area contributed by atoms with E-state index in [2.05, 4.69) is 5.32 Å². The van der Waals surface area contributed by atoms with Gasteiger partial charge in [0.05, 0.1) is 5.60 Å². The lowest BCUT2D eigenvalue weighted by molar-refractivity contribution is -0.0394. The molecule has 1 heterocycles. The molecule has 2 N–H and O–H groups in total. The normalized spacial score (nSPS) is 40.5. The predicted molar refractivity (Wildman–Crippen MR) is 40.3 cm³/mol. The van der Waals surface area contributed by atoms with E-state index >= 15 is 0 Å². The summed E-state index contributed by atoms with van der Waals surface area (Å²) >= 11 is 0. The lowest BCUT2D eigenvalue weighted by Gasteiger charge is -2.31. The van der Waals surface area contributed by atoms with Gasteiger partial charge in [0.1, 0.15) is 6.17 Å². The maximum absolute atomic E-state index is 12.6. The number of hydrogen-bond acceptors (Lipinski definition) is 2. The Kier molecular flexibility index (Phi) is 3.56. The van der Waals surface area contributed by atoms with Crippen LogP contribution in [0.15, 0.2) is 0 Å². The first-order valence-electron chi connectivity index (χ1n) is 3.20. The third-order valence-corrected chi connectivity index (χ3v) is 1.81. The zero-order valence-corrected chi connectivity index (χ0v) is 6.75. The van der Waals surface area contributed by atoms with Crippen LogP contribution in [0.5, 0.6) is 0 Å². The molecule has 0 aromatic rings. The van der Waals surface area contributed by atoms with E-state index in [4.69, 9.17) is 0 Å². The van der Waals surface area contributed by atoms with Crippen molar-refractivity contribution in [1.82, 2.24) is 5.32 Å². The Labute approximate surface area is 66.2 Å². The molecule has 1 aliphatic heterocycles. The van der Waals surface area contributed by atoms with Gasteiger partial charge in [-0.25, -0.2) is 4.39 Å². The molecule has 0 bridgehead atoms. The molecule has 0 radical (unpaired) electrons. The minimum Gasteiger partial charge on any atom is -0.387 e. The van der Waals surface area contributed by atoms with Gasteiger partial charge in [-0.15, -0.1) is 12.4 Å². The van der Waals surface area contributed by atoms with Crippen LogP contribution in [0, 0.1) is 0 Å². The molecule has 0 spiro atoms. The van der Waals surface area contributed by atoms with Gasteiger partial charge < -0.3 is 10.4 Å². The number of piperidine rings is 1. The van der Waals surface area contributed by atoms with E-state index in [0.717, 1.165) is 0 Å². The summed E-state index contributed by atoms with van der Waals surface area (Å²) in [6.45, 7) is 2.54. The first-order chi connectivity index (χ1) is 4.13. The molecule has 0 aromatic carbocycles. The summed E-state index contributed by atoms with van der Waals surface area (Å²) in [5, 5.41) is 12.1. The fourth-order valence-electron chi connectivity index (χ4n) is 0.947. The van der Waals surface area contributed by atoms with Crippen LogP contribution in [0.4, 0.5) is 4.39 Å². The molecule has 4 heteroatoms. The summed E-state index contributed by atoms with van der Waals surface area (Å²) in [7, 11) is 0. The first kappa shape index (κ1) is 10.1. The van der Waals surface area contributed by atoms with Gasteiger partial charge in [-0.05, 0) is 19.9 Å². The summed E-state index contributed by atoms with van der Waals surface area (Å²) in [4.78, 5) is 0. The van der Waals surface area contributed by atoms with E-state index in [1.165, 1.54) is 0 Å². The standard InChI is InChI=1S/C6H12FNO.ClH/c1-6(9)2-3-8-4-5(6)7;/h5,8-9H,2-4H2,1H3;1H/t5-,6?;/m1./s1. The Morgan fingerprint density at radius 3 is 2.60 bits per heavy atom. The largest absolute Gasteiger partial charge is 0.387 e. The average molecular weight is 170 g/mol. The van der Waals surface area contributed by atoms with Gasteiger partial charge in [-0.1, -0.05) is 0 Å². The van der Waals surface area contributed by atoms with Crippen LogP contribution in [-0.4, -0.2) is 30.0 Å². The van der Waals surface area contributed by atoms with Crippen molar-refractivity contribution in [2.45, 2.75) is 25.1 Å². The molecule has 62 valence electrons. The smallest absolute Gasteiger partial charge is 0.141 e. The van der Waals surface area contributed by atoms with Crippen LogP contribution < -0.4 is 5.32 Å². The summed E-state index contributed by atoms with van der Waals surface area (Å²) in [5.41, 5.74) is -1.09. The Balaban J connectivity index is 0.000000810. The third kappa shape index (κ3) is 2.08. The van der Waals surface area contributed by atoms with Crippen molar-refractivity contribution in [3.63, 3.8) is 0 Å². The van der Waals surface area contributed by atoms with Crippen molar-refractivity contribution < 1.29 is 9.50 Å². The molecule has 0 saturated carbocycles. The molecular formula is C6H13ClFNO. The van der Waals surface area contributed by atoms with Crippen molar-refractivity contribution in [3.05, 3.63) is 0 Å². The molecule has 1 fully saturated rings. The summed E-state index contributed by atoms with van der Waals surface area (Å²) in [5.74, 6) is 0. The second kappa shape index (κ2) is 3.51. The number of aliphatic hydroxyl groups is 1. The monoisotopic (exact) mass is 169 g/mol. The molecule has 1 aliphatic rings. The van der Waals surface area contributed by atoms with Crippen LogP contribution in [0.25, 0.3) is 0 Å². The van der Waals surface area contributed by atoms with Crippen molar-refractivity contribution in [2.24, 2.45) is 0 Å². The summed E-state index contributed by atoms with van der Waals surface area (Å²) in [6, 6.07) is 0. The lowest BCUT2D eigenvalue weighted by atomic mass is 9.93. The van der Waals surface area contributed by atoms with Crippen molar-refractivity contribution in [3.8, 4) is 0 Å². The zero-order valence-electron chi connectivity index (χ0n) is 5.93. The molecule has 2 atom stereocenters. The molecule has 1 rings (SSSR count). The van der Waals surface area contributed by atoms with Crippen LogP contribution in [0.3, 0.4) is 0 Å². The van der Waals surface area contributed by atoms with Gasteiger partial charge in [0.2, 0.25) is 0 Å². The fourth-order valence-corrected chi connectivity index (χ4v) is 0.947. The predicted octanol–water partition coefficient (Wildman–Crippen LogP) is 0.491. The van der Waals surface area contributed by atoms with Crippen LogP contribution in [-0.2, 0) is 0 Å². The van der Waals surface area contributed by atoms with E-state index < -0.39 is 11.8 Å². The number of hydrogen-bond donors (Lipinski definition) is 2. The topological polar surface area (TPSA) is 32.3 Å². The minimum atomic E-state index is -1.11. The maximum Gasteiger partial charge on any atom is 0.141 e. The Bertz CT molecular complexity index is 110. The zero-order chi connectivity index (χ0) is 6.91. The van der Waals surface area contributed by atoms with E-state index in [9.17, 15) is 9.50 Å². The van der Waals surface area contributed by atoms with E-state index in [1.54, 1.807) is 6.92 Å². The van der Waals surface area contributed by atoms with Gasteiger partial charge in [-0.3, -0.25) is 0 Å². The van der Waals surface area contributed by atoms with Gasteiger partial charge >= 0.3 is 0 Å². The van der Waals surface area contributed by atoms with Crippen molar-refractivity contribution >= 4 is 12.4 Å². The maximum atomic E-state index is 12.6. The number of halogens is 2. The molecule has 0 aliphatic carbocycles. The highest BCUT2D eigenvalue weighted by molar-refractivity contribution is 5.85. The van der Waals surface area contributed by atoms with Crippen molar-refractivity contribution in [1.29, 1.82) is 0 Å². The molecule has 0 aromatic heterocycles. The van der Waals surface area contributed by atoms with Gasteiger partial charge in [0.25, 0.3) is 0 Å². The average Bonchev–Trinajstić information content (AvgIpc) is 1.77. The lowest BCUT2D eigenvalue weighted by Crippen LogP contribution is -2.49. The third-order valence-electron chi connectivity index (χ3n) is 1.81. The van der Waals surface area contributed by atoms with E-state index in [-0.39, 0.29) is 19.0 Å². The molecule has 2 nitrogen and oxygen atoms in total. The molecule has 10 heavy (non-hydrogen) atoms. The molecular weight excluding hydrogens is 157 g/mol. The van der Waals surface area contributed by atoms with Crippen LogP contribution >= 0.6 is 12.4 Å². The molecule has 1 saturated heterocycles. The first-order valence-corrected chi connectivity index (χ1v) is 3.20. The van der Waals surface area contributed by atoms with Crippen LogP contribution in [0.2, 0.25) is 0 Å². The quantitative estimate of drug-likeness (QED) is 0.553. The van der Waals surface area contributed by atoms with E-state index in [0.29, 0.717) is 13.0 Å². The Morgan fingerprint density at radius 1 is 1.70 bits per heavy atom. The van der Waals surface area contributed by atoms with Gasteiger partial charge in [0, 0.05) is 6.54 Å². The van der Waals surface area contributed by atoms with Gasteiger partial charge in [-0.2, -0.15) is 0 Å². The SMILES string of the molecule is CC1(O)CCNC[C@H]1F.Cl. The van der Waals surface area contributed by atoms with E-state index in [1.807, 2.05) is 0 Å². The molecule has 1 unspecified atom stereocenters. The number of rotatable bonds is 0. The fraction of sp³-hybridized carbons (Fsp3) is 1.00. The highest BCUT2D eigenvalue weighted by atomic mass is 35.5. The van der Waals surface area contributed by atoms with Crippen molar-refractivity contribution in [2.75, 3.05) is 13.1 Å². The molecule has 0 amide bonds. The Hall–Kier alpha value is 0.140. The van der Waals surface area contributed by atoms with Gasteiger partial charge in [0.15, 0.2) is 0 Å². The van der Waals surface area contributed by atoms with Crippen LogP contribution in [0.1, 0.15) is 13.3 Å². The Morgan fingerprint density at radius 2 is 2.30 bits per heavy atom. The summed E-state index contributed by atoms with van der Waals surface area (Å²) < 4.78 is 12.6. The second-order valence-electron chi connectivity index (χ2n) is 2.78. The number of nitrogens with one attached hydrogen (secondary N) is 1. The second-order valence-corrected chi connectivity index (χ2v) is 2.78. The summed E-state index contributed by atoms with van der Waals surface area (Å²) in [6.07, 6.45) is -0.597. The highest BCUT2D eigenvalue weighted by Gasteiger charge is 2.34. The minimum absolute atomic E-state index is 0. The number of alkyl halides is 1.